The van der Waals surface area contributed by atoms with Gasteiger partial charge in [0.05, 0.1) is 44.9 Å². The van der Waals surface area contributed by atoms with Gasteiger partial charge in [-0.25, -0.2) is 0 Å². The molecule has 0 radical (unpaired) electrons. The van der Waals surface area contributed by atoms with E-state index in [2.05, 4.69) is 0 Å². The molecule has 0 atom stereocenters. The number of hydrogen-bond acceptors (Lipinski definition) is 7. The average molecular weight is 758 g/mol. The summed E-state index contributed by atoms with van der Waals surface area (Å²) in [6.45, 7) is 0. The van der Waals surface area contributed by atoms with Crippen molar-refractivity contribution < 1.29 is 14.8 Å². The van der Waals surface area contributed by atoms with E-state index >= 15 is 0 Å². The number of nitro benzene ring substituents is 3. The fraction of sp³-hybridized carbons (Fsp3) is 0. The molecule has 9 nitrogen and oxygen atoms in total. The molecule has 0 saturated carbocycles. The molecule has 46 heavy (non-hydrogen) atoms. The van der Waals surface area contributed by atoms with E-state index in [0.717, 1.165) is 0 Å². The van der Waals surface area contributed by atoms with Gasteiger partial charge in [0, 0.05) is 68.4 Å². The Hall–Kier alpha value is -3.61. The number of benzene rings is 5. The Kier molecular flexibility index (Phi) is 11.7. The van der Waals surface area contributed by atoms with Gasteiger partial charge in [0.2, 0.25) is 0 Å². The minimum atomic E-state index is -0.526. The minimum absolute atomic E-state index is 0.0561. The third-order valence-corrected chi connectivity index (χ3v) is 9.69. The third-order valence-electron chi connectivity index (χ3n) is 6.17. The normalized spacial score (nSPS) is 10.6. The molecule has 16 heteroatoms. The van der Waals surface area contributed by atoms with Gasteiger partial charge in [-0.15, -0.1) is 0 Å². The van der Waals surface area contributed by atoms with Crippen LogP contribution in [0.25, 0.3) is 22.3 Å². The van der Waals surface area contributed by atoms with Crippen LogP contribution in [0.4, 0.5) is 17.1 Å². The lowest BCUT2D eigenvalue weighted by atomic mass is 10.1. The van der Waals surface area contributed by atoms with Crippen molar-refractivity contribution >= 4 is 98.4 Å². The quantitative estimate of drug-likeness (QED) is 0.119. The van der Waals surface area contributed by atoms with E-state index in [-0.39, 0.29) is 32.1 Å². The van der Waals surface area contributed by atoms with Gasteiger partial charge in [0.25, 0.3) is 17.1 Å². The molecule has 0 aliphatic rings. The summed E-state index contributed by atoms with van der Waals surface area (Å²) in [7, 11) is 0. The summed E-state index contributed by atoms with van der Waals surface area (Å²) in [5.41, 5.74) is 2.05. The van der Waals surface area contributed by atoms with Crippen molar-refractivity contribution in [1.82, 2.24) is 0 Å². The summed E-state index contributed by atoms with van der Waals surface area (Å²) in [5.74, 6) is 0. The molecule has 0 amide bonds. The fourth-order valence-corrected chi connectivity index (χ4v) is 6.45. The second-order valence-corrected chi connectivity index (χ2v) is 12.5. The smallest absolute Gasteiger partial charge is 0.258 e. The lowest BCUT2D eigenvalue weighted by Crippen LogP contribution is -1.90. The zero-order valence-electron chi connectivity index (χ0n) is 22.6. The van der Waals surface area contributed by atoms with E-state index in [0.29, 0.717) is 47.1 Å². The summed E-state index contributed by atoms with van der Waals surface area (Å²) in [6.07, 6.45) is 0. The second kappa shape index (κ2) is 15.3. The Bertz CT molecular complexity index is 1900. The van der Waals surface area contributed by atoms with Crippen LogP contribution in [0.3, 0.4) is 0 Å². The maximum absolute atomic E-state index is 11.0. The maximum atomic E-state index is 11.0. The number of nitro groups is 3. The van der Waals surface area contributed by atoms with Crippen LogP contribution in [-0.4, -0.2) is 14.8 Å². The second-order valence-electron chi connectivity index (χ2n) is 9.04. The monoisotopic (exact) mass is 755 g/mol. The number of non-ortho nitro benzene ring substituents is 3. The summed E-state index contributed by atoms with van der Waals surface area (Å²) < 4.78 is 0. The molecule has 0 fully saturated rings. The van der Waals surface area contributed by atoms with E-state index < -0.39 is 14.8 Å². The summed E-state index contributed by atoms with van der Waals surface area (Å²) in [5, 5.41) is 33.9. The molecule has 0 bridgehead atoms. The SMILES string of the molecule is O=[N+]([O-])c1ccc(-c2cccc(Sc3cccc(-c4ccc([N+](=O)[O-])cc4Cl)c3Cl)c2Cl)c(Cl)c1.O=[N+]([O-])c1ccc(Cl)c(Cl)c1. The van der Waals surface area contributed by atoms with Crippen LogP contribution in [0.2, 0.25) is 30.1 Å². The number of hydrogen-bond donors (Lipinski definition) is 0. The van der Waals surface area contributed by atoms with Gasteiger partial charge in [0.15, 0.2) is 0 Å². The highest BCUT2D eigenvalue weighted by atomic mass is 35.5. The van der Waals surface area contributed by atoms with Crippen LogP contribution in [-0.2, 0) is 0 Å². The number of halogens is 6. The standard InChI is InChI=1S/C24H12Cl4N2O4S.C6H3Cl2NO2/c25-19-11-13(29(31)32)7-9-15(19)17-3-1-5-21(23(17)27)35-22-6-2-4-18(24(22)28)16-10-8-14(30(33)34)12-20(16)26;7-5-2-1-4(9(10)11)3-6(5)8/h1-12H;1-3H. The van der Waals surface area contributed by atoms with Crippen LogP contribution in [0, 0.1) is 30.3 Å². The Morgan fingerprint density at radius 1 is 0.435 bits per heavy atom. The lowest BCUT2D eigenvalue weighted by molar-refractivity contribution is -0.385. The first-order chi connectivity index (χ1) is 21.8. The fourth-order valence-electron chi connectivity index (χ4n) is 3.98. The zero-order chi connectivity index (χ0) is 33.7. The molecule has 5 aromatic rings. The summed E-state index contributed by atoms with van der Waals surface area (Å²) in [4.78, 5) is 32.0. The van der Waals surface area contributed by atoms with Crippen molar-refractivity contribution in [2.75, 3.05) is 0 Å². The molecular formula is C30H15Cl6N3O6S. The molecule has 5 rings (SSSR count). The Morgan fingerprint density at radius 3 is 1.15 bits per heavy atom. The predicted molar refractivity (Wildman–Crippen MR) is 184 cm³/mol. The summed E-state index contributed by atoms with van der Waals surface area (Å²) >= 11 is 38.4. The first-order valence-corrected chi connectivity index (χ1v) is 15.6. The van der Waals surface area contributed by atoms with Crippen molar-refractivity contribution in [3.63, 3.8) is 0 Å². The number of nitrogens with zero attached hydrogens (tertiary/aromatic N) is 3. The Labute approximate surface area is 295 Å². The molecular weight excluding hydrogens is 743 g/mol. The van der Waals surface area contributed by atoms with Crippen molar-refractivity contribution in [2.24, 2.45) is 0 Å². The van der Waals surface area contributed by atoms with Crippen molar-refractivity contribution in [1.29, 1.82) is 0 Å². The number of rotatable bonds is 7. The Balaban J connectivity index is 0.000000369. The highest BCUT2D eigenvalue weighted by Gasteiger charge is 2.18. The average Bonchev–Trinajstić information content (AvgIpc) is 3.01. The highest BCUT2D eigenvalue weighted by Crippen LogP contribution is 2.46. The van der Waals surface area contributed by atoms with E-state index in [1.165, 1.54) is 54.2 Å². The maximum Gasteiger partial charge on any atom is 0.271 e. The molecule has 0 N–H and O–H groups in total. The van der Waals surface area contributed by atoms with Gasteiger partial charge >= 0.3 is 0 Å². The zero-order valence-corrected chi connectivity index (χ0v) is 28.0. The molecule has 0 saturated heterocycles. The highest BCUT2D eigenvalue weighted by molar-refractivity contribution is 7.99. The minimum Gasteiger partial charge on any atom is -0.258 e. The van der Waals surface area contributed by atoms with Gasteiger partial charge in [-0.1, -0.05) is 106 Å². The molecule has 0 aromatic heterocycles. The molecule has 234 valence electrons. The van der Waals surface area contributed by atoms with Gasteiger partial charge in [-0.2, -0.15) is 0 Å². The largest absolute Gasteiger partial charge is 0.271 e. The van der Waals surface area contributed by atoms with Gasteiger partial charge in [-0.05, 0) is 30.3 Å². The molecule has 0 heterocycles. The van der Waals surface area contributed by atoms with Crippen molar-refractivity contribution in [3.05, 3.63) is 151 Å². The third kappa shape index (κ3) is 8.21. The van der Waals surface area contributed by atoms with Gasteiger partial charge < -0.3 is 0 Å². The van der Waals surface area contributed by atoms with Crippen LogP contribution in [0.5, 0.6) is 0 Å². The molecule has 5 aromatic carbocycles. The van der Waals surface area contributed by atoms with Crippen LogP contribution in [0.15, 0.2) is 101 Å². The summed E-state index contributed by atoms with van der Waals surface area (Å²) in [6, 6.07) is 23.1. The van der Waals surface area contributed by atoms with E-state index in [1.54, 1.807) is 36.4 Å². The molecule has 0 aliphatic carbocycles. The van der Waals surface area contributed by atoms with E-state index in [4.69, 9.17) is 69.6 Å². The first-order valence-electron chi connectivity index (χ1n) is 12.5. The van der Waals surface area contributed by atoms with Crippen LogP contribution < -0.4 is 0 Å². The first kappa shape index (κ1) is 35.2. The van der Waals surface area contributed by atoms with E-state index in [9.17, 15) is 30.3 Å². The van der Waals surface area contributed by atoms with E-state index in [1.807, 2.05) is 12.1 Å². The van der Waals surface area contributed by atoms with Crippen molar-refractivity contribution in [2.45, 2.75) is 9.79 Å². The predicted octanol–water partition coefficient (Wildman–Crippen LogP) is 12.5. The van der Waals surface area contributed by atoms with Gasteiger partial charge in [0.1, 0.15) is 0 Å². The van der Waals surface area contributed by atoms with Crippen molar-refractivity contribution in [3.8, 4) is 22.3 Å². The van der Waals surface area contributed by atoms with Gasteiger partial charge in [-0.3, -0.25) is 30.3 Å². The van der Waals surface area contributed by atoms with Crippen LogP contribution >= 0.6 is 81.4 Å². The molecule has 0 spiro atoms. The molecule has 0 aliphatic heterocycles. The van der Waals surface area contributed by atoms with Crippen LogP contribution in [0.1, 0.15) is 0 Å². The topological polar surface area (TPSA) is 129 Å². The Morgan fingerprint density at radius 2 is 0.804 bits per heavy atom. The lowest BCUT2D eigenvalue weighted by Gasteiger charge is -2.14. The molecule has 0 unspecified atom stereocenters.